The Balaban J connectivity index is 1.87. The van der Waals surface area contributed by atoms with Crippen molar-refractivity contribution in [1.29, 1.82) is 0 Å². The lowest BCUT2D eigenvalue weighted by Crippen LogP contribution is -2.30. The highest BCUT2D eigenvalue weighted by atomic mass is 16.5. The Hall–Kier alpha value is -1.88. The Kier molecular flexibility index (Phi) is 3.94. The maximum Gasteiger partial charge on any atom is 0.320 e. The third-order valence-electron chi connectivity index (χ3n) is 2.45. The smallest absolute Gasteiger partial charge is 0.320 e. The lowest BCUT2D eigenvalue weighted by molar-refractivity contribution is -0.143. The van der Waals surface area contributed by atoms with Crippen molar-refractivity contribution in [3.05, 3.63) is 30.2 Å². The number of hydrogen-bond acceptors (Lipinski definition) is 5. The quantitative estimate of drug-likeness (QED) is 0.818. The number of carbonyl (C=O) groups excluding carboxylic acids is 1. The molecule has 1 aromatic carbocycles. The molecule has 0 aliphatic carbocycles. The van der Waals surface area contributed by atoms with E-state index < -0.39 is 0 Å². The first-order valence-electron chi connectivity index (χ1n) is 5.86. The van der Waals surface area contributed by atoms with Crippen molar-refractivity contribution in [1.82, 2.24) is 10.3 Å². The minimum Gasteiger partial charge on any atom is -0.460 e. The van der Waals surface area contributed by atoms with E-state index in [1.807, 2.05) is 32.0 Å². The molecule has 5 heteroatoms. The first kappa shape index (κ1) is 12.6. The standard InChI is InChI=1S/C13H16N2O3/c1-9(2)14-6-13(16)17-7-10-3-4-11-12(5-10)18-8-15-11/h3-5,8-9,14H,6-7H2,1-2H3. The van der Waals surface area contributed by atoms with E-state index in [1.54, 1.807) is 0 Å². The second-order valence-corrected chi connectivity index (χ2v) is 4.35. The van der Waals surface area contributed by atoms with Gasteiger partial charge >= 0.3 is 5.97 Å². The molecule has 0 atom stereocenters. The van der Waals surface area contributed by atoms with Crippen LogP contribution in [-0.2, 0) is 16.1 Å². The van der Waals surface area contributed by atoms with Crippen LogP contribution >= 0.6 is 0 Å². The van der Waals surface area contributed by atoms with Crippen molar-refractivity contribution in [2.75, 3.05) is 6.54 Å². The zero-order chi connectivity index (χ0) is 13.0. The monoisotopic (exact) mass is 248 g/mol. The summed E-state index contributed by atoms with van der Waals surface area (Å²) in [7, 11) is 0. The van der Waals surface area contributed by atoms with Crippen LogP contribution in [0.15, 0.2) is 29.0 Å². The van der Waals surface area contributed by atoms with Crippen LogP contribution in [0.5, 0.6) is 0 Å². The predicted octanol–water partition coefficient (Wildman–Crippen LogP) is 1.87. The van der Waals surface area contributed by atoms with Gasteiger partial charge in [0.15, 0.2) is 12.0 Å². The van der Waals surface area contributed by atoms with Gasteiger partial charge in [0.1, 0.15) is 12.1 Å². The topological polar surface area (TPSA) is 64.4 Å². The Morgan fingerprint density at radius 3 is 3.11 bits per heavy atom. The van der Waals surface area contributed by atoms with Gasteiger partial charge in [-0.2, -0.15) is 0 Å². The lowest BCUT2D eigenvalue weighted by Gasteiger charge is -2.08. The molecule has 0 saturated carbocycles. The number of rotatable bonds is 5. The molecule has 0 bridgehead atoms. The number of aromatic nitrogens is 1. The Morgan fingerprint density at radius 1 is 1.50 bits per heavy atom. The summed E-state index contributed by atoms with van der Waals surface area (Å²) in [5, 5.41) is 3.00. The van der Waals surface area contributed by atoms with Crippen LogP contribution in [0.1, 0.15) is 19.4 Å². The van der Waals surface area contributed by atoms with E-state index in [1.165, 1.54) is 6.39 Å². The second kappa shape index (κ2) is 5.64. The van der Waals surface area contributed by atoms with E-state index in [-0.39, 0.29) is 25.2 Å². The normalized spacial score (nSPS) is 11.1. The van der Waals surface area contributed by atoms with Crippen LogP contribution in [0.25, 0.3) is 11.1 Å². The number of benzene rings is 1. The van der Waals surface area contributed by atoms with E-state index in [2.05, 4.69) is 10.3 Å². The SMILES string of the molecule is CC(C)NCC(=O)OCc1ccc2ncoc2c1. The Morgan fingerprint density at radius 2 is 2.33 bits per heavy atom. The zero-order valence-corrected chi connectivity index (χ0v) is 10.5. The average molecular weight is 248 g/mol. The first-order chi connectivity index (χ1) is 8.65. The molecule has 0 spiro atoms. The third-order valence-corrected chi connectivity index (χ3v) is 2.45. The van der Waals surface area contributed by atoms with Gasteiger partial charge in [0.25, 0.3) is 0 Å². The van der Waals surface area contributed by atoms with Gasteiger partial charge in [-0.25, -0.2) is 4.98 Å². The fourth-order valence-corrected chi connectivity index (χ4v) is 1.49. The summed E-state index contributed by atoms with van der Waals surface area (Å²) in [6, 6.07) is 5.80. The molecule has 2 aromatic rings. The van der Waals surface area contributed by atoms with Gasteiger partial charge in [-0.15, -0.1) is 0 Å². The largest absolute Gasteiger partial charge is 0.460 e. The minimum absolute atomic E-state index is 0.224. The molecule has 0 radical (unpaired) electrons. The highest BCUT2D eigenvalue weighted by Crippen LogP contribution is 2.14. The number of fused-ring (bicyclic) bond motifs is 1. The van der Waals surface area contributed by atoms with E-state index in [0.29, 0.717) is 5.58 Å². The minimum atomic E-state index is -0.263. The van der Waals surface area contributed by atoms with Crippen LogP contribution in [0.3, 0.4) is 0 Å². The number of nitrogens with one attached hydrogen (secondary N) is 1. The molecule has 0 amide bonds. The summed E-state index contributed by atoms with van der Waals surface area (Å²) in [5.74, 6) is -0.263. The summed E-state index contributed by atoms with van der Waals surface area (Å²) in [5.41, 5.74) is 2.38. The zero-order valence-electron chi connectivity index (χ0n) is 10.5. The number of carbonyl (C=O) groups is 1. The first-order valence-corrected chi connectivity index (χ1v) is 5.86. The molecule has 2 rings (SSSR count). The number of hydrogen-bond donors (Lipinski definition) is 1. The third kappa shape index (κ3) is 3.30. The molecule has 5 nitrogen and oxygen atoms in total. The fourth-order valence-electron chi connectivity index (χ4n) is 1.49. The molecule has 1 aromatic heterocycles. The highest BCUT2D eigenvalue weighted by Gasteiger charge is 2.05. The van der Waals surface area contributed by atoms with Crippen LogP contribution in [0.2, 0.25) is 0 Å². The van der Waals surface area contributed by atoms with Gasteiger partial charge in [0.05, 0.1) is 6.54 Å². The number of ether oxygens (including phenoxy) is 1. The Bertz CT molecular complexity index is 534. The number of esters is 1. The molecule has 0 aliphatic heterocycles. The summed E-state index contributed by atoms with van der Waals surface area (Å²) < 4.78 is 10.3. The Labute approximate surface area is 105 Å². The summed E-state index contributed by atoms with van der Waals surface area (Å²) in [4.78, 5) is 15.4. The molecule has 1 heterocycles. The summed E-state index contributed by atoms with van der Waals surface area (Å²) in [6.07, 6.45) is 1.40. The number of nitrogens with zero attached hydrogens (tertiary/aromatic N) is 1. The van der Waals surface area contributed by atoms with Gasteiger partial charge in [-0.05, 0) is 17.7 Å². The molecule has 96 valence electrons. The maximum atomic E-state index is 11.4. The molecule has 0 fully saturated rings. The molecular weight excluding hydrogens is 232 g/mol. The van der Waals surface area contributed by atoms with Gasteiger partial charge < -0.3 is 14.5 Å². The highest BCUT2D eigenvalue weighted by molar-refractivity contribution is 5.73. The van der Waals surface area contributed by atoms with Gasteiger partial charge in [0.2, 0.25) is 0 Å². The van der Waals surface area contributed by atoms with Crippen LogP contribution in [0, 0.1) is 0 Å². The fraction of sp³-hybridized carbons (Fsp3) is 0.385. The van der Waals surface area contributed by atoms with E-state index in [9.17, 15) is 4.79 Å². The van der Waals surface area contributed by atoms with Gasteiger partial charge in [-0.1, -0.05) is 19.9 Å². The van der Waals surface area contributed by atoms with E-state index in [4.69, 9.17) is 9.15 Å². The van der Waals surface area contributed by atoms with Crippen molar-refractivity contribution in [3.8, 4) is 0 Å². The second-order valence-electron chi connectivity index (χ2n) is 4.35. The van der Waals surface area contributed by atoms with Crippen LogP contribution < -0.4 is 5.32 Å². The molecule has 1 N–H and O–H groups in total. The van der Waals surface area contributed by atoms with Crippen molar-refractivity contribution < 1.29 is 13.9 Å². The maximum absolute atomic E-state index is 11.4. The van der Waals surface area contributed by atoms with E-state index >= 15 is 0 Å². The van der Waals surface area contributed by atoms with Gasteiger partial charge in [-0.3, -0.25) is 4.79 Å². The van der Waals surface area contributed by atoms with Crippen molar-refractivity contribution >= 4 is 17.1 Å². The summed E-state index contributed by atoms with van der Waals surface area (Å²) >= 11 is 0. The number of oxazole rings is 1. The molecule has 0 unspecified atom stereocenters. The van der Waals surface area contributed by atoms with Crippen molar-refractivity contribution in [2.45, 2.75) is 26.5 Å². The lowest BCUT2D eigenvalue weighted by atomic mass is 10.2. The molecular formula is C13H16N2O3. The van der Waals surface area contributed by atoms with E-state index in [0.717, 1.165) is 11.1 Å². The molecule has 0 aliphatic rings. The van der Waals surface area contributed by atoms with Crippen molar-refractivity contribution in [2.24, 2.45) is 0 Å². The summed E-state index contributed by atoms with van der Waals surface area (Å²) in [6.45, 7) is 4.42. The van der Waals surface area contributed by atoms with Crippen LogP contribution in [0.4, 0.5) is 0 Å². The van der Waals surface area contributed by atoms with Gasteiger partial charge in [0, 0.05) is 6.04 Å². The van der Waals surface area contributed by atoms with Crippen LogP contribution in [-0.4, -0.2) is 23.5 Å². The average Bonchev–Trinajstić information content (AvgIpc) is 2.81. The molecule has 0 saturated heterocycles. The predicted molar refractivity (Wildman–Crippen MR) is 66.9 cm³/mol. The molecule has 18 heavy (non-hydrogen) atoms. The van der Waals surface area contributed by atoms with Crippen molar-refractivity contribution in [3.63, 3.8) is 0 Å².